The molecule has 0 saturated carbocycles. The number of halogens is 4. The van der Waals surface area contributed by atoms with Crippen LogP contribution in [0.3, 0.4) is 0 Å². The summed E-state index contributed by atoms with van der Waals surface area (Å²) in [5.74, 6) is -8.56. The Balaban J connectivity index is 1.73. The summed E-state index contributed by atoms with van der Waals surface area (Å²) in [6.45, 7) is 1.80. The summed E-state index contributed by atoms with van der Waals surface area (Å²) in [5.41, 5.74) is 0.207. The van der Waals surface area contributed by atoms with Crippen LogP contribution in [0.4, 0.5) is 17.6 Å². The Morgan fingerprint density at radius 2 is 1.48 bits per heavy atom. The number of aryl methyl sites for hydroxylation is 1. The van der Waals surface area contributed by atoms with Crippen LogP contribution >= 0.6 is 0 Å². The number of rotatable bonds is 3. The van der Waals surface area contributed by atoms with Crippen LogP contribution in [0.5, 0.6) is 0 Å². The van der Waals surface area contributed by atoms with Gasteiger partial charge in [0.2, 0.25) is 0 Å². The molecule has 0 unspecified atom stereocenters. The largest absolute Gasteiger partial charge is 0.297 e. The fraction of sp³-hybridized carbons (Fsp3) is 0.263. The Hall–Kier alpha value is -2.19. The first kappa shape index (κ1) is 18.2. The van der Waals surface area contributed by atoms with E-state index in [-0.39, 0.29) is 22.4 Å². The lowest BCUT2D eigenvalue weighted by Gasteiger charge is -2.39. The number of hydrogen-bond donors (Lipinski definition) is 0. The molecule has 3 aliphatic rings. The second-order valence-electron chi connectivity index (χ2n) is 6.74. The van der Waals surface area contributed by atoms with Crippen molar-refractivity contribution in [3.63, 3.8) is 0 Å². The lowest BCUT2D eigenvalue weighted by Crippen LogP contribution is -2.36. The van der Waals surface area contributed by atoms with Gasteiger partial charge in [0.15, 0.2) is 23.3 Å². The van der Waals surface area contributed by atoms with Gasteiger partial charge in [0.25, 0.3) is 10.1 Å². The lowest BCUT2D eigenvalue weighted by molar-refractivity contribution is 0.157. The van der Waals surface area contributed by atoms with Crippen molar-refractivity contribution in [1.82, 2.24) is 0 Å². The summed E-state index contributed by atoms with van der Waals surface area (Å²) < 4.78 is 86.1. The zero-order valence-corrected chi connectivity index (χ0v) is 14.9. The molecule has 142 valence electrons. The summed E-state index contributed by atoms with van der Waals surface area (Å²) in [6, 6.07) is 5.97. The first-order valence-corrected chi connectivity index (χ1v) is 9.65. The molecule has 0 aromatic heterocycles. The summed E-state index contributed by atoms with van der Waals surface area (Å²) in [7, 11) is -4.16. The third-order valence-electron chi connectivity index (χ3n) is 5.04. The van der Waals surface area contributed by atoms with Crippen LogP contribution in [-0.4, -0.2) is 14.5 Å². The summed E-state index contributed by atoms with van der Waals surface area (Å²) in [6.07, 6.45) is 1.95. The van der Waals surface area contributed by atoms with Crippen molar-refractivity contribution in [2.75, 3.05) is 0 Å². The molecule has 3 aliphatic carbocycles. The minimum Gasteiger partial charge on any atom is -0.262 e. The molecule has 3 nitrogen and oxygen atoms in total. The Kier molecular flexibility index (Phi) is 4.16. The molecule has 2 aromatic rings. The SMILES string of the molecule is Cc1ccc(S(=O)(=O)O[C@@H]2C[C@H]3C=C[C@@H]2c2c(F)c(F)c(F)c(F)c23)cc1. The first-order chi connectivity index (χ1) is 12.7. The van der Waals surface area contributed by atoms with Crippen molar-refractivity contribution in [2.45, 2.75) is 36.2 Å². The molecule has 0 saturated heterocycles. The van der Waals surface area contributed by atoms with Crippen molar-refractivity contribution in [3.05, 3.63) is 76.4 Å². The quantitative estimate of drug-likeness (QED) is 0.252. The van der Waals surface area contributed by atoms with Gasteiger partial charge in [0.05, 0.1) is 11.0 Å². The highest BCUT2D eigenvalue weighted by atomic mass is 32.2. The van der Waals surface area contributed by atoms with Crippen molar-refractivity contribution >= 4 is 10.1 Å². The number of fused-ring (bicyclic) bond motifs is 1. The van der Waals surface area contributed by atoms with Crippen molar-refractivity contribution < 1.29 is 30.2 Å². The normalized spacial score (nSPS) is 23.5. The summed E-state index contributed by atoms with van der Waals surface area (Å²) in [5, 5.41) is 0. The van der Waals surface area contributed by atoms with Gasteiger partial charge in [-0.15, -0.1) is 0 Å². The lowest BCUT2D eigenvalue weighted by atomic mass is 9.69. The molecule has 0 spiro atoms. The molecule has 2 aromatic carbocycles. The molecular weight excluding hydrogens is 384 g/mol. The second-order valence-corrected chi connectivity index (χ2v) is 8.31. The Labute approximate surface area is 153 Å². The van der Waals surface area contributed by atoms with E-state index < -0.39 is 51.3 Å². The molecule has 0 radical (unpaired) electrons. The highest BCUT2D eigenvalue weighted by molar-refractivity contribution is 7.86. The monoisotopic (exact) mass is 398 g/mol. The van der Waals surface area contributed by atoms with Gasteiger partial charge in [-0.1, -0.05) is 29.8 Å². The zero-order chi connectivity index (χ0) is 19.5. The standard InChI is InChI=1S/C19H14F4O3S/c1-9-2-5-11(6-3-9)27(24,25)26-13-8-10-4-7-12(13)15-14(10)16(20)18(22)19(23)17(15)21/h2-7,10,12-13H,8H2,1H3/t10-,12+,13-/m1/s1. The smallest absolute Gasteiger partial charge is 0.262 e. The second kappa shape index (κ2) is 6.17. The topological polar surface area (TPSA) is 43.4 Å². The van der Waals surface area contributed by atoms with E-state index in [9.17, 15) is 26.0 Å². The van der Waals surface area contributed by atoms with E-state index in [4.69, 9.17) is 4.18 Å². The molecular formula is C19H14F4O3S. The van der Waals surface area contributed by atoms with Crippen LogP contribution in [0, 0.1) is 30.2 Å². The Morgan fingerprint density at radius 3 is 2.11 bits per heavy atom. The number of hydrogen-bond acceptors (Lipinski definition) is 3. The summed E-state index contributed by atoms with van der Waals surface area (Å²) in [4.78, 5) is -0.0734. The minimum absolute atomic E-state index is 0.0146. The number of allylic oxidation sites excluding steroid dienone is 1. The van der Waals surface area contributed by atoms with Crippen LogP contribution in [0.25, 0.3) is 0 Å². The molecule has 27 heavy (non-hydrogen) atoms. The first-order valence-electron chi connectivity index (χ1n) is 8.24. The van der Waals surface area contributed by atoms with Crippen molar-refractivity contribution in [3.8, 4) is 0 Å². The van der Waals surface area contributed by atoms with Crippen LogP contribution in [0.2, 0.25) is 0 Å². The van der Waals surface area contributed by atoms with Gasteiger partial charge >= 0.3 is 0 Å². The molecule has 0 aliphatic heterocycles. The maximum atomic E-state index is 14.3. The van der Waals surface area contributed by atoms with Crippen molar-refractivity contribution in [2.24, 2.45) is 0 Å². The average Bonchev–Trinajstić information content (AvgIpc) is 2.64. The molecule has 8 heteroatoms. The summed E-state index contributed by atoms with van der Waals surface area (Å²) >= 11 is 0. The van der Waals surface area contributed by atoms with Gasteiger partial charge in [0, 0.05) is 23.0 Å². The molecule has 0 amide bonds. The highest BCUT2D eigenvalue weighted by Crippen LogP contribution is 2.49. The number of benzene rings is 2. The van der Waals surface area contributed by atoms with E-state index in [1.54, 1.807) is 19.1 Å². The Bertz CT molecular complexity index is 1060. The van der Waals surface area contributed by atoms with E-state index in [2.05, 4.69) is 0 Å². The highest BCUT2D eigenvalue weighted by Gasteiger charge is 2.45. The van der Waals surface area contributed by atoms with E-state index in [1.807, 2.05) is 0 Å². The van der Waals surface area contributed by atoms with Gasteiger partial charge < -0.3 is 0 Å². The maximum absolute atomic E-state index is 14.3. The van der Waals surface area contributed by atoms with E-state index in [0.717, 1.165) is 5.56 Å². The Morgan fingerprint density at radius 1 is 0.889 bits per heavy atom. The predicted octanol–water partition coefficient (Wildman–Crippen LogP) is 4.47. The average molecular weight is 398 g/mol. The third kappa shape index (κ3) is 2.78. The minimum atomic E-state index is -4.16. The van der Waals surface area contributed by atoms with E-state index >= 15 is 0 Å². The van der Waals surface area contributed by atoms with E-state index in [1.165, 1.54) is 24.3 Å². The molecule has 0 heterocycles. The van der Waals surface area contributed by atoms with Crippen molar-refractivity contribution in [1.29, 1.82) is 0 Å². The molecule has 0 N–H and O–H groups in total. The van der Waals surface area contributed by atoms with Crippen LogP contribution in [0.1, 0.15) is 34.9 Å². The van der Waals surface area contributed by atoms with Crippen LogP contribution in [-0.2, 0) is 14.3 Å². The fourth-order valence-corrected chi connectivity index (χ4v) is 4.83. The predicted molar refractivity (Wildman–Crippen MR) is 88.8 cm³/mol. The van der Waals surface area contributed by atoms with Crippen LogP contribution in [0.15, 0.2) is 41.3 Å². The van der Waals surface area contributed by atoms with Gasteiger partial charge in [-0.25, -0.2) is 17.6 Å². The molecule has 3 atom stereocenters. The van der Waals surface area contributed by atoms with Gasteiger partial charge in [-0.05, 0) is 25.5 Å². The fourth-order valence-electron chi connectivity index (χ4n) is 3.73. The molecule has 5 rings (SSSR count). The third-order valence-corrected chi connectivity index (χ3v) is 6.39. The van der Waals surface area contributed by atoms with Gasteiger partial charge in [0.1, 0.15) is 0 Å². The van der Waals surface area contributed by atoms with Crippen LogP contribution < -0.4 is 0 Å². The van der Waals surface area contributed by atoms with E-state index in [0.29, 0.717) is 0 Å². The van der Waals surface area contributed by atoms with Gasteiger partial charge in [-0.2, -0.15) is 8.42 Å². The molecule has 2 bridgehead atoms. The zero-order valence-electron chi connectivity index (χ0n) is 14.0. The maximum Gasteiger partial charge on any atom is 0.297 e. The molecule has 0 fully saturated rings. The van der Waals surface area contributed by atoms with Gasteiger partial charge in [-0.3, -0.25) is 4.18 Å².